The predicted octanol–water partition coefficient (Wildman–Crippen LogP) is 2.32. The van der Waals surface area contributed by atoms with E-state index in [-0.39, 0.29) is 29.4 Å². The second-order valence-corrected chi connectivity index (χ2v) is 4.97. The van der Waals surface area contributed by atoms with E-state index in [0.29, 0.717) is 5.69 Å². The van der Waals surface area contributed by atoms with Crippen molar-refractivity contribution in [1.82, 2.24) is 15.5 Å². The summed E-state index contributed by atoms with van der Waals surface area (Å²) >= 11 is 0. The lowest BCUT2D eigenvalue weighted by atomic mass is 10.1. The van der Waals surface area contributed by atoms with Gasteiger partial charge in [-0.25, -0.2) is 8.78 Å². The normalized spacial score (nSPS) is 10.9. The van der Waals surface area contributed by atoms with Gasteiger partial charge in [0.1, 0.15) is 11.6 Å². The topological polar surface area (TPSA) is 83.8 Å². The Kier molecular flexibility index (Phi) is 4.21. The Labute approximate surface area is 120 Å². The number of aromatic amines is 1. The van der Waals surface area contributed by atoms with Gasteiger partial charge in [0.2, 0.25) is 0 Å². The molecule has 0 spiro atoms. The number of H-pyrrole nitrogens is 1. The minimum Gasteiger partial charge on any atom is -0.395 e. The number of carbonyl (C=O) groups is 1. The Bertz CT molecular complexity index is 667. The lowest BCUT2D eigenvalue weighted by molar-refractivity contribution is 0.0946. The third kappa shape index (κ3) is 3.18. The first kappa shape index (κ1) is 15.0. The van der Waals surface area contributed by atoms with E-state index in [1.807, 2.05) is 13.8 Å². The number of hydrogen-bond donors (Lipinski definition) is 3. The quantitative estimate of drug-likeness (QED) is 0.809. The highest BCUT2D eigenvalue weighted by atomic mass is 19.1. The van der Waals surface area contributed by atoms with Gasteiger partial charge < -0.3 is 11.1 Å². The van der Waals surface area contributed by atoms with Gasteiger partial charge in [0, 0.05) is 18.2 Å². The Morgan fingerprint density at radius 1 is 1.43 bits per heavy atom. The number of rotatable bonds is 4. The van der Waals surface area contributed by atoms with Crippen LogP contribution >= 0.6 is 0 Å². The van der Waals surface area contributed by atoms with Crippen LogP contribution in [0.15, 0.2) is 18.2 Å². The van der Waals surface area contributed by atoms with Crippen molar-refractivity contribution in [2.45, 2.75) is 26.3 Å². The maximum absolute atomic E-state index is 13.5. The summed E-state index contributed by atoms with van der Waals surface area (Å²) in [5.74, 6) is -1.79. The molecular weight excluding hydrogens is 278 g/mol. The maximum Gasteiger partial charge on any atom is 0.274 e. The van der Waals surface area contributed by atoms with Gasteiger partial charge in [0.05, 0.1) is 11.4 Å². The Morgan fingerprint density at radius 2 is 2.14 bits per heavy atom. The highest BCUT2D eigenvalue weighted by Gasteiger charge is 2.18. The first-order valence-corrected chi connectivity index (χ1v) is 6.46. The van der Waals surface area contributed by atoms with Crippen molar-refractivity contribution in [1.29, 1.82) is 0 Å². The molecule has 0 unspecified atom stereocenters. The van der Waals surface area contributed by atoms with Crippen LogP contribution in [0.25, 0.3) is 0 Å². The number of benzene rings is 1. The number of nitrogens with zero attached hydrogens (tertiary/aromatic N) is 1. The molecule has 0 fully saturated rings. The van der Waals surface area contributed by atoms with Gasteiger partial charge >= 0.3 is 0 Å². The van der Waals surface area contributed by atoms with E-state index in [0.717, 1.165) is 12.1 Å². The van der Waals surface area contributed by atoms with Crippen LogP contribution in [-0.2, 0) is 6.54 Å². The molecule has 1 heterocycles. The van der Waals surface area contributed by atoms with Crippen LogP contribution in [0.1, 0.15) is 41.5 Å². The van der Waals surface area contributed by atoms with Crippen LogP contribution in [0.4, 0.5) is 14.5 Å². The molecule has 5 nitrogen and oxygen atoms in total. The SMILES string of the molecule is CC(C)c1[nH]nc(C(=O)NCc2ccc(F)cc2F)c1N. The van der Waals surface area contributed by atoms with Crippen molar-refractivity contribution in [2.24, 2.45) is 0 Å². The summed E-state index contributed by atoms with van der Waals surface area (Å²) in [5, 5.41) is 9.09. The summed E-state index contributed by atoms with van der Waals surface area (Å²) in [5.41, 5.74) is 7.05. The van der Waals surface area contributed by atoms with Crippen molar-refractivity contribution in [3.8, 4) is 0 Å². The van der Waals surface area contributed by atoms with E-state index >= 15 is 0 Å². The van der Waals surface area contributed by atoms with Crippen LogP contribution in [0, 0.1) is 11.6 Å². The molecular formula is C14H16F2N4O. The molecule has 0 aliphatic carbocycles. The minimum atomic E-state index is -0.715. The summed E-state index contributed by atoms with van der Waals surface area (Å²) in [6, 6.07) is 3.17. The van der Waals surface area contributed by atoms with Gasteiger partial charge in [-0.3, -0.25) is 9.89 Å². The van der Waals surface area contributed by atoms with E-state index in [1.54, 1.807) is 0 Å². The zero-order valence-electron chi connectivity index (χ0n) is 11.7. The van der Waals surface area contributed by atoms with E-state index in [4.69, 9.17) is 5.73 Å². The molecule has 1 amide bonds. The maximum atomic E-state index is 13.5. The average Bonchev–Trinajstić information content (AvgIpc) is 2.79. The third-order valence-corrected chi connectivity index (χ3v) is 3.08. The molecule has 0 saturated carbocycles. The molecule has 112 valence electrons. The van der Waals surface area contributed by atoms with Gasteiger partial charge in [0.25, 0.3) is 5.91 Å². The van der Waals surface area contributed by atoms with Crippen molar-refractivity contribution in [3.63, 3.8) is 0 Å². The van der Waals surface area contributed by atoms with E-state index < -0.39 is 17.5 Å². The van der Waals surface area contributed by atoms with Crippen molar-refractivity contribution in [2.75, 3.05) is 5.73 Å². The molecule has 21 heavy (non-hydrogen) atoms. The van der Waals surface area contributed by atoms with Crippen LogP contribution in [0.2, 0.25) is 0 Å². The van der Waals surface area contributed by atoms with Crippen molar-refractivity contribution in [3.05, 3.63) is 46.8 Å². The third-order valence-electron chi connectivity index (χ3n) is 3.08. The molecule has 4 N–H and O–H groups in total. The van der Waals surface area contributed by atoms with Crippen molar-refractivity contribution < 1.29 is 13.6 Å². The highest BCUT2D eigenvalue weighted by Crippen LogP contribution is 2.22. The molecule has 0 saturated heterocycles. The number of nitrogen functional groups attached to an aromatic ring is 1. The Morgan fingerprint density at radius 3 is 2.71 bits per heavy atom. The number of halogens is 2. The number of hydrogen-bond acceptors (Lipinski definition) is 3. The van der Waals surface area contributed by atoms with Gasteiger partial charge in [0.15, 0.2) is 5.69 Å². The number of amides is 1. The van der Waals surface area contributed by atoms with E-state index in [1.165, 1.54) is 6.07 Å². The molecule has 0 aliphatic heterocycles. The number of anilines is 1. The fraction of sp³-hybridized carbons (Fsp3) is 0.286. The smallest absolute Gasteiger partial charge is 0.274 e. The average molecular weight is 294 g/mol. The summed E-state index contributed by atoms with van der Waals surface area (Å²) in [4.78, 5) is 12.0. The summed E-state index contributed by atoms with van der Waals surface area (Å²) < 4.78 is 26.2. The zero-order valence-corrected chi connectivity index (χ0v) is 11.7. The molecule has 7 heteroatoms. The molecule has 2 aromatic rings. The van der Waals surface area contributed by atoms with Gasteiger partial charge in [-0.2, -0.15) is 5.10 Å². The molecule has 0 radical (unpaired) electrons. The standard InChI is InChI=1S/C14H16F2N4O/c1-7(2)12-11(17)13(20-19-12)14(21)18-6-8-3-4-9(15)5-10(8)16/h3-5,7H,6,17H2,1-2H3,(H,18,21)(H,19,20). The first-order valence-electron chi connectivity index (χ1n) is 6.46. The number of aromatic nitrogens is 2. The second-order valence-electron chi connectivity index (χ2n) is 4.97. The molecule has 0 aliphatic rings. The molecule has 0 atom stereocenters. The zero-order chi connectivity index (χ0) is 15.6. The first-order chi connectivity index (χ1) is 9.90. The van der Waals surface area contributed by atoms with Gasteiger partial charge in [-0.1, -0.05) is 19.9 Å². The molecule has 1 aromatic heterocycles. The van der Waals surface area contributed by atoms with Crippen molar-refractivity contribution >= 4 is 11.6 Å². The fourth-order valence-corrected chi connectivity index (χ4v) is 1.90. The summed E-state index contributed by atoms with van der Waals surface area (Å²) in [7, 11) is 0. The second kappa shape index (κ2) is 5.90. The Hall–Kier alpha value is -2.44. The molecule has 2 rings (SSSR count). The van der Waals surface area contributed by atoms with E-state index in [2.05, 4.69) is 15.5 Å². The number of carbonyl (C=O) groups excluding carboxylic acids is 1. The largest absolute Gasteiger partial charge is 0.395 e. The molecule has 1 aromatic carbocycles. The highest BCUT2D eigenvalue weighted by molar-refractivity contribution is 5.97. The van der Waals surface area contributed by atoms with Gasteiger partial charge in [-0.05, 0) is 12.0 Å². The summed E-state index contributed by atoms with van der Waals surface area (Å²) in [6.45, 7) is 3.76. The lowest BCUT2D eigenvalue weighted by Crippen LogP contribution is -2.24. The Balaban J connectivity index is 2.08. The fourth-order valence-electron chi connectivity index (χ4n) is 1.90. The van der Waals surface area contributed by atoms with Crippen LogP contribution < -0.4 is 11.1 Å². The van der Waals surface area contributed by atoms with Crippen LogP contribution in [0.3, 0.4) is 0 Å². The minimum absolute atomic E-state index is 0.0706. The number of nitrogens with one attached hydrogen (secondary N) is 2. The predicted molar refractivity (Wildman–Crippen MR) is 74.6 cm³/mol. The van der Waals surface area contributed by atoms with Crippen LogP contribution in [0.5, 0.6) is 0 Å². The van der Waals surface area contributed by atoms with Crippen LogP contribution in [-0.4, -0.2) is 16.1 Å². The summed E-state index contributed by atoms with van der Waals surface area (Å²) in [6.07, 6.45) is 0. The monoisotopic (exact) mass is 294 g/mol. The van der Waals surface area contributed by atoms with Gasteiger partial charge in [-0.15, -0.1) is 0 Å². The molecule has 0 bridgehead atoms. The number of nitrogens with two attached hydrogens (primary N) is 1. The lowest BCUT2D eigenvalue weighted by Gasteiger charge is -2.06. The van der Waals surface area contributed by atoms with E-state index in [9.17, 15) is 13.6 Å².